The molecular weight excluding hydrogens is 240 g/mol. The highest BCUT2D eigenvalue weighted by Gasteiger charge is 2.45. The Morgan fingerprint density at radius 2 is 1.79 bits per heavy atom. The van der Waals surface area contributed by atoms with E-state index in [0.29, 0.717) is 11.5 Å². The van der Waals surface area contributed by atoms with Gasteiger partial charge in [0.1, 0.15) is 5.82 Å². The molecule has 0 amide bonds. The van der Waals surface area contributed by atoms with Crippen molar-refractivity contribution in [1.29, 1.82) is 0 Å². The Morgan fingerprint density at radius 3 is 2.47 bits per heavy atom. The maximum Gasteiger partial charge on any atom is 0.225 e. The molecule has 2 unspecified atom stereocenters. The molecule has 0 bridgehead atoms. The van der Waals surface area contributed by atoms with E-state index in [1.54, 1.807) is 18.6 Å². The molecule has 2 fully saturated rings. The second-order valence-corrected chi connectivity index (χ2v) is 5.26. The first-order valence-corrected chi connectivity index (χ1v) is 6.44. The van der Waals surface area contributed by atoms with Crippen molar-refractivity contribution in [2.24, 2.45) is 11.8 Å². The van der Waals surface area contributed by atoms with Gasteiger partial charge >= 0.3 is 0 Å². The van der Waals surface area contributed by atoms with Crippen LogP contribution in [0.5, 0.6) is 0 Å². The molecule has 1 saturated carbocycles. The molecule has 3 heterocycles. The predicted molar refractivity (Wildman–Crippen MR) is 71.3 cm³/mol. The molecule has 6 heteroatoms. The second kappa shape index (κ2) is 3.88. The number of fused-ring (bicyclic) bond motifs is 1. The first-order valence-electron chi connectivity index (χ1n) is 6.44. The largest absolute Gasteiger partial charge is 0.382 e. The summed E-state index contributed by atoms with van der Waals surface area (Å²) in [4.78, 5) is 19.3. The Bertz CT molecular complexity index is 601. The number of piperidine rings is 1. The van der Waals surface area contributed by atoms with Gasteiger partial charge in [-0.15, -0.1) is 0 Å². The maximum atomic E-state index is 5.62. The number of hydrogen-bond donors (Lipinski definition) is 1. The summed E-state index contributed by atoms with van der Waals surface area (Å²) in [5.74, 6) is 2.97. The minimum absolute atomic E-state index is 0.404. The fourth-order valence-electron chi connectivity index (χ4n) is 2.70. The Morgan fingerprint density at radius 1 is 1.05 bits per heavy atom. The summed E-state index contributed by atoms with van der Waals surface area (Å²) < 4.78 is 0. The maximum absolute atomic E-state index is 5.62. The fourth-order valence-corrected chi connectivity index (χ4v) is 2.70. The lowest BCUT2D eigenvalue weighted by atomic mass is 10.2. The van der Waals surface area contributed by atoms with Crippen molar-refractivity contribution in [3.05, 3.63) is 24.8 Å². The van der Waals surface area contributed by atoms with Crippen LogP contribution in [0.1, 0.15) is 6.42 Å². The normalized spacial score (nSPS) is 24.3. The summed E-state index contributed by atoms with van der Waals surface area (Å²) >= 11 is 0. The molecule has 19 heavy (non-hydrogen) atoms. The molecule has 6 nitrogen and oxygen atoms in total. The van der Waals surface area contributed by atoms with Gasteiger partial charge in [0.25, 0.3) is 0 Å². The third-order valence-corrected chi connectivity index (χ3v) is 3.85. The molecule has 1 saturated heterocycles. The van der Waals surface area contributed by atoms with Gasteiger partial charge in [0.2, 0.25) is 5.95 Å². The van der Waals surface area contributed by atoms with Crippen molar-refractivity contribution in [2.75, 3.05) is 23.7 Å². The molecule has 0 radical (unpaired) electrons. The van der Waals surface area contributed by atoms with Gasteiger partial charge in [0, 0.05) is 31.0 Å². The number of aromatic nitrogens is 4. The molecule has 2 aliphatic rings. The van der Waals surface area contributed by atoms with E-state index in [1.165, 1.54) is 12.6 Å². The molecular formula is C13H14N6. The van der Waals surface area contributed by atoms with Crippen molar-refractivity contribution in [2.45, 2.75) is 6.42 Å². The molecule has 4 rings (SSSR count). The Kier molecular flexibility index (Phi) is 2.18. The van der Waals surface area contributed by atoms with E-state index in [4.69, 9.17) is 5.73 Å². The topological polar surface area (TPSA) is 80.8 Å². The number of hydrogen-bond acceptors (Lipinski definition) is 6. The van der Waals surface area contributed by atoms with Gasteiger partial charge in [0.15, 0.2) is 0 Å². The number of nitrogen functional groups attached to an aromatic ring is 1. The van der Waals surface area contributed by atoms with Crippen LogP contribution in [0, 0.1) is 11.8 Å². The second-order valence-electron chi connectivity index (χ2n) is 5.26. The van der Waals surface area contributed by atoms with Crippen LogP contribution in [0.2, 0.25) is 0 Å². The van der Waals surface area contributed by atoms with E-state index in [-0.39, 0.29) is 0 Å². The van der Waals surface area contributed by atoms with Gasteiger partial charge in [-0.1, -0.05) is 0 Å². The van der Waals surface area contributed by atoms with Crippen molar-refractivity contribution >= 4 is 11.8 Å². The van der Waals surface area contributed by atoms with Gasteiger partial charge in [-0.05, 0) is 18.3 Å². The molecule has 1 aliphatic carbocycles. The Labute approximate surface area is 110 Å². The predicted octanol–water partition coefficient (Wildman–Crippen LogP) is 0.972. The smallest absolute Gasteiger partial charge is 0.225 e. The van der Waals surface area contributed by atoms with E-state index >= 15 is 0 Å². The summed E-state index contributed by atoms with van der Waals surface area (Å²) in [7, 11) is 0. The highest BCUT2D eigenvalue weighted by molar-refractivity contribution is 5.58. The zero-order valence-electron chi connectivity index (χ0n) is 10.4. The van der Waals surface area contributed by atoms with Crippen LogP contribution in [-0.2, 0) is 0 Å². The first kappa shape index (κ1) is 10.7. The van der Waals surface area contributed by atoms with Gasteiger partial charge in [-0.25, -0.2) is 15.0 Å². The molecule has 2 N–H and O–H groups in total. The average Bonchev–Trinajstić information content (AvgIpc) is 3.05. The van der Waals surface area contributed by atoms with E-state index in [0.717, 1.165) is 36.4 Å². The van der Waals surface area contributed by atoms with Crippen molar-refractivity contribution in [1.82, 2.24) is 19.9 Å². The quantitative estimate of drug-likeness (QED) is 0.860. The van der Waals surface area contributed by atoms with Crippen molar-refractivity contribution in [3.63, 3.8) is 0 Å². The molecule has 2 aromatic rings. The molecule has 0 spiro atoms. The number of nitrogens with zero attached hydrogens (tertiary/aromatic N) is 5. The lowest BCUT2D eigenvalue weighted by Gasteiger charge is -2.17. The third-order valence-electron chi connectivity index (χ3n) is 3.85. The summed E-state index contributed by atoms with van der Waals surface area (Å²) in [5.41, 5.74) is 7.17. The number of nitrogens with two attached hydrogens (primary N) is 1. The van der Waals surface area contributed by atoms with E-state index < -0.39 is 0 Å². The van der Waals surface area contributed by atoms with Crippen LogP contribution in [0.3, 0.4) is 0 Å². The molecule has 2 aromatic heterocycles. The van der Waals surface area contributed by atoms with E-state index in [9.17, 15) is 0 Å². The Balaban J connectivity index is 1.58. The van der Waals surface area contributed by atoms with E-state index in [2.05, 4.69) is 24.8 Å². The van der Waals surface area contributed by atoms with Crippen molar-refractivity contribution in [3.8, 4) is 11.3 Å². The van der Waals surface area contributed by atoms with Gasteiger partial charge in [-0.3, -0.25) is 4.98 Å². The minimum Gasteiger partial charge on any atom is -0.382 e. The highest BCUT2D eigenvalue weighted by atomic mass is 15.3. The zero-order chi connectivity index (χ0) is 12.8. The first-order chi connectivity index (χ1) is 9.29. The van der Waals surface area contributed by atoms with Crippen LogP contribution in [0.25, 0.3) is 11.3 Å². The van der Waals surface area contributed by atoms with Crippen LogP contribution < -0.4 is 10.6 Å². The van der Waals surface area contributed by atoms with E-state index in [1.807, 2.05) is 0 Å². The Hall–Kier alpha value is -2.24. The van der Waals surface area contributed by atoms with Gasteiger partial charge < -0.3 is 10.6 Å². The third kappa shape index (κ3) is 1.89. The minimum atomic E-state index is 0.404. The number of rotatable bonds is 2. The molecule has 96 valence electrons. The summed E-state index contributed by atoms with van der Waals surface area (Å²) in [6.07, 6.45) is 8.15. The molecule has 0 aromatic carbocycles. The SMILES string of the molecule is Nc1cncc(-c2cnc(N3CC4CC4C3)nc2)n1. The number of anilines is 2. The standard InChI is InChI=1S/C13H14N6/c14-12-5-15-4-11(18-12)10-2-16-13(17-3-10)19-6-8-1-9(8)7-19/h2-5,8-9H,1,6-7H2,(H2,14,18). The van der Waals surface area contributed by atoms with Crippen LogP contribution >= 0.6 is 0 Å². The molecule has 2 atom stereocenters. The summed E-state index contributed by atoms with van der Waals surface area (Å²) in [6, 6.07) is 0. The summed E-state index contributed by atoms with van der Waals surface area (Å²) in [6.45, 7) is 2.20. The van der Waals surface area contributed by atoms with Gasteiger partial charge in [0.05, 0.1) is 18.1 Å². The fraction of sp³-hybridized carbons (Fsp3) is 0.385. The van der Waals surface area contributed by atoms with Crippen molar-refractivity contribution < 1.29 is 0 Å². The monoisotopic (exact) mass is 254 g/mol. The van der Waals surface area contributed by atoms with Gasteiger partial charge in [-0.2, -0.15) is 0 Å². The van der Waals surface area contributed by atoms with Crippen LogP contribution in [0.15, 0.2) is 24.8 Å². The van der Waals surface area contributed by atoms with Crippen LogP contribution in [0.4, 0.5) is 11.8 Å². The summed E-state index contributed by atoms with van der Waals surface area (Å²) in [5, 5.41) is 0. The van der Waals surface area contributed by atoms with Crippen LogP contribution in [-0.4, -0.2) is 33.0 Å². The lowest BCUT2D eigenvalue weighted by Crippen LogP contribution is -2.23. The highest BCUT2D eigenvalue weighted by Crippen LogP contribution is 2.45. The molecule has 1 aliphatic heterocycles. The zero-order valence-corrected chi connectivity index (χ0v) is 10.4. The lowest BCUT2D eigenvalue weighted by molar-refractivity contribution is 0.787. The average molecular weight is 254 g/mol.